The Morgan fingerprint density at radius 1 is 1.31 bits per heavy atom. The van der Waals surface area contributed by atoms with Crippen molar-refractivity contribution in [2.24, 2.45) is 0 Å². The van der Waals surface area contributed by atoms with Gasteiger partial charge in [-0.15, -0.1) is 0 Å². The van der Waals surface area contributed by atoms with Crippen LogP contribution in [0.4, 0.5) is 11.5 Å². The Balaban J connectivity index is 1.53. The Labute approximate surface area is 169 Å². The molecular weight excluding hydrogens is 390 g/mol. The molecule has 0 aliphatic carbocycles. The van der Waals surface area contributed by atoms with Gasteiger partial charge < -0.3 is 20.2 Å². The van der Waals surface area contributed by atoms with Crippen molar-refractivity contribution in [3.63, 3.8) is 0 Å². The van der Waals surface area contributed by atoms with Crippen LogP contribution in [0.1, 0.15) is 5.56 Å². The normalized spacial score (nSPS) is 10.8. The van der Waals surface area contributed by atoms with Gasteiger partial charge in [0.2, 0.25) is 5.91 Å². The Morgan fingerprint density at radius 3 is 2.90 bits per heavy atom. The summed E-state index contributed by atoms with van der Waals surface area (Å²) in [6, 6.07) is 13.2. The molecule has 0 spiro atoms. The van der Waals surface area contributed by atoms with Gasteiger partial charge in [-0.2, -0.15) is 5.26 Å². The van der Waals surface area contributed by atoms with Crippen LogP contribution in [0.2, 0.25) is 0 Å². The number of carbonyl (C=O) groups is 1. The van der Waals surface area contributed by atoms with Crippen molar-refractivity contribution in [3.8, 4) is 11.8 Å². The van der Waals surface area contributed by atoms with Gasteiger partial charge in [0.25, 0.3) is 0 Å². The third-order valence-corrected chi connectivity index (χ3v) is 5.08. The first kappa shape index (κ1) is 18.6. The van der Waals surface area contributed by atoms with Crippen LogP contribution in [-0.2, 0) is 4.79 Å². The van der Waals surface area contributed by atoms with E-state index in [0.717, 1.165) is 28.1 Å². The maximum absolute atomic E-state index is 12.4. The molecule has 0 fully saturated rings. The van der Waals surface area contributed by atoms with E-state index in [4.69, 9.17) is 20.1 Å². The predicted molar refractivity (Wildman–Crippen MR) is 111 cm³/mol. The molecule has 9 heteroatoms. The highest BCUT2D eigenvalue weighted by atomic mass is 32.2. The number of nitrogens with zero attached hydrogens (tertiary/aromatic N) is 3. The standard InChI is InChI=1S/C20H15N5O3S/c1-27-17-6-13-12-4-2-3-5-15(12)28-16(13)7-14(17)24-18(26)10-29-20-23-9-11(8-21)19(22)25-20/h2-7,9H,10H2,1H3,(H,24,26)(H2,22,23,25). The van der Waals surface area contributed by atoms with Crippen LogP contribution in [0.3, 0.4) is 0 Å². The number of hydrogen-bond donors (Lipinski definition) is 2. The van der Waals surface area contributed by atoms with Crippen LogP contribution in [0.5, 0.6) is 5.75 Å². The van der Waals surface area contributed by atoms with Gasteiger partial charge in [-0.3, -0.25) is 4.79 Å². The van der Waals surface area contributed by atoms with E-state index >= 15 is 0 Å². The molecule has 0 aliphatic rings. The highest BCUT2D eigenvalue weighted by Crippen LogP contribution is 2.36. The lowest BCUT2D eigenvalue weighted by Crippen LogP contribution is -2.15. The zero-order valence-corrected chi connectivity index (χ0v) is 16.1. The fourth-order valence-electron chi connectivity index (χ4n) is 2.87. The Morgan fingerprint density at radius 2 is 2.14 bits per heavy atom. The van der Waals surface area contributed by atoms with Gasteiger partial charge in [-0.05, 0) is 12.1 Å². The number of ether oxygens (including phenoxy) is 1. The predicted octanol–water partition coefficient (Wildman–Crippen LogP) is 3.57. The summed E-state index contributed by atoms with van der Waals surface area (Å²) in [4.78, 5) is 20.4. The third-order valence-electron chi connectivity index (χ3n) is 4.22. The maximum atomic E-state index is 12.4. The summed E-state index contributed by atoms with van der Waals surface area (Å²) in [5.41, 5.74) is 7.79. The number of anilines is 2. The third kappa shape index (κ3) is 3.66. The number of methoxy groups -OCH3 is 1. The Bertz CT molecular complexity index is 1280. The summed E-state index contributed by atoms with van der Waals surface area (Å²) in [6.45, 7) is 0. The van der Waals surface area contributed by atoms with E-state index in [1.165, 1.54) is 6.20 Å². The van der Waals surface area contributed by atoms with E-state index in [-0.39, 0.29) is 23.0 Å². The molecule has 0 saturated carbocycles. The summed E-state index contributed by atoms with van der Waals surface area (Å²) < 4.78 is 11.3. The fraction of sp³-hybridized carbons (Fsp3) is 0.100. The summed E-state index contributed by atoms with van der Waals surface area (Å²) >= 11 is 1.11. The first-order chi connectivity index (χ1) is 14.1. The molecule has 3 N–H and O–H groups in total. The molecule has 0 saturated heterocycles. The van der Waals surface area contributed by atoms with Gasteiger partial charge in [0, 0.05) is 16.8 Å². The average Bonchev–Trinajstić information content (AvgIpc) is 3.09. The molecule has 29 heavy (non-hydrogen) atoms. The molecule has 0 aliphatic heterocycles. The SMILES string of the molecule is COc1cc2c(cc1NC(=O)CSc1ncc(C#N)c(N)n1)oc1ccccc12. The Hall–Kier alpha value is -3.77. The van der Waals surface area contributed by atoms with E-state index in [1.807, 2.05) is 36.4 Å². The lowest BCUT2D eigenvalue weighted by Gasteiger charge is -2.10. The van der Waals surface area contributed by atoms with Crippen LogP contribution in [0, 0.1) is 11.3 Å². The summed E-state index contributed by atoms with van der Waals surface area (Å²) in [5.74, 6) is 0.408. The fourth-order valence-corrected chi connectivity index (χ4v) is 3.49. The Kier molecular flexibility index (Phi) is 4.93. The number of furan rings is 1. The van der Waals surface area contributed by atoms with E-state index in [2.05, 4.69) is 15.3 Å². The van der Waals surface area contributed by atoms with Gasteiger partial charge in [0.05, 0.1) is 24.7 Å². The number of nitriles is 1. The highest BCUT2D eigenvalue weighted by molar-refractivity contribution is 7.99. The monoisotopic (exact) mass is 405 g/mol. The number of carbonyl (C=O) groups excluding carboxylic acids is 1. The second-order valence-corrected chi connectivity index (χ2v) is 6.99. The largest absolute Gasteiger partial charge is 0.495 e. The number of nitrogens with two attached hydrogens (primary N) is 1. The van der Waals surface area contributed by atoms with E-state index < -0.39 is 0 Å². The number of para-hydroxylation sites is 1. The van der Waals surface area contributed by atoms with Crippen LogP contribution >= 0.6 is 11.8 Å². The van der Waals surface area contributed by atoms with Crippen molar-refractivity contribution in [3.05, 3.63) is 48.2 Å². The zero-order valence-electron chi connectivity index (χ0n) is 15.3. The number of nitrogen functional groups attached to an aromatic ring is 1. The molecule has 2 aromatic carbocycles. The first-order valence-corrected chi connectivity index (χ1v) is 9.52. The number of nitrogens with one attached hydrogen (secondary N) is 1. The van der Waals surface area contributed by atoms with Crippen molar-refractivity contribution in [2.75, 3.05) is 23.9 Å². The van der Waals surface area contributed by atoms with Crippen molar-refractivity contribution in [1.29, 1.82) is 5.26 Å². The second-order valence-electron chi connectivity index (χ2n) is 6.05. The molecule has 2 heterocycles. The van der Waals surface area contributed by atoms with Crippen LogP contribution in [0.15, 0.2) is 52.2 Å². The van der Waals surface area contributed by atoms with Gasteiger partial charge in [0.15, 0.2) is 5.16 Å². The summed E-state index contributed by atoms with van der Waals surface area (Å²) in [6.07, 6.45) is 1.33. The topological polar surface area (TPSA) is 127 Å². The molecule has 144 valence electrons. The van der Waals surface area contributed by atoms with Crippen molar-refractivity contribution in [1.82, 2.24) is 9.97 Å². The number of hydrogen-bond acceptors (Lipinski definition) is 8. The molecule has 0 radical (unpaired) electrons. The number of thioether (sulfide) groups is 1. The number of rotatable bonds is 5. The second kappa shape index (κ2) is 7.69. The van der Waals surface area contributed by atoms with Crippen molar-refractivity contribution in [2.45, 2.75) is 5.16 Å². The lowest BCUT2D eigenvalue weighted by molar-refractivity contribution is -0.113. The van der Waals surface area contributed by atoms with Gasteiger partial charge in [-0.1, -0.05) is 30.0 Å². The molecule has 0 bridgehead atoms. The molecule has 1 amide bonds. The van der Waals surface area contributed by atoms with Gasteiger partial charge in [-0.25, -0.2) is 9.97 Å². The molecule has 4 rings (SSSR count). The molecule has 2 aromatic heterocycles. The molecule has 8 nitrogen and oxygen atoms in total. The van der Waals surface area contributed by atoms with Gasteiger partial charge in [0.1, 0.15) is 34.4 Å². The highest BCUT2D eigenvalue weighted by Gasteiger charge is 2.15. The summed E-state index contributed by atoms with van der Waals surface area (Å²) in [5, 5.41) is 13.9. The molecule has 0 unspecified atom stereocenters. The van der Waals surface area contributed by atoms with Crippen LogP contribution < -0.4 is 15.8 Å². The summed E-state index contributed by atoms with van der Waals surface area (Å²) in [7, 11) is 1.54. The van der Waals surface area contributed by atoms with E-state index in [1.54, 1.807) is 13.2 Å². The van der Waals surface area contributed by atoms with Crippen molar-refractivity contribution < 1.29 is 13.9 Å². The van der Waals surface area contributed by atoms with Gasteiger partial charge >= 0.3 is 0 Å². The maximum Gasteiger partial charge on any atom is 0.234 e. The minimum atomic E-state index is -0.268. The number of fused-ring (bicyclic) bond motifs is 3. The number of amides is 1. The molecular formula is C20H15N5O3S. The average molecular weight is 405 g/mol. The minimum Gasteiger partial charge on any atom is -0.495 e. The molecule has 0 atom stereocenters. The number of benzene rings is 2. The zero-order chi connectivity index (χ0) is 20.4. The molecule has 4 aromatic rings. The van der Waals surface area contributed by atoms with Crippen molar-refractivity contribution >= 4 is 51.1 Å². The van der Waals surface area contributed by atoms with Crippen LogP contribution in [0.25, 0.3) is 21.9 Å². The number of aromatic nitrogens is 2. The van der Waals surface area contributed by atoms with E-state index in [9.17, 15) is 4.79 Å². The first-order valence-electron chi connectivity index (χ1n) is 8.53. The minimum absolute atomic E-state index is 0.0622. The quantitative estimate of drug-likeness (QED) is 0.381. The van der Waals surface area contributed by atoms with Crippen LogP contribution in [-0.4, -0.2) is 28.7 Å². The van der Waals surface area contributed by atoms with E-state index in [0.29, 0.717) is 22.2 Å². The lowest BCUT2D eigenvalue weighted by atomic mass is 10.1. The smallest absolute Gasteiger partial charge is 0.234 e.